The summed E-state index contributed by atoms with van der Waals surface area (Å²) in [6.07, 6.45) is 0. The molecule has 0 amide bonds. The van der Waals surface area contributed by atoms with Gasteiger partial charge in [0, 0.05) is 16.5 Å². The van der Waals surface area contributed by atoms with Crippen LogP contribution in [0, 0.1) is 20.8 Å². The standard InChI is InChI=1S/C15H20ClNO/c1-8(2)17-7-13-10(4)14-11(5)15(16)9(3)6-12(14)18-13/h6,8,17H,7H2,1-5H3. The number of hydrogen-bond acceptors (Lipinski definition) is 2. The second-order valence-corrected chi connectivity index (χ2v) is 5.57. The molecule has 0 aliphatic carbocycles. The number of fused-ring (bicyclic) bond motifs is 1. The minimum Gasteiger partial charge on any atom is -0.459 e. The number of halogens is 1. The molecule has 1 heterocycles. The Hall–Kier alpha value is -0.990. The van der Waals surface area contributed by atoms with Crippen molar-refractivity contribution in [3.8, 4) is 0 Å². The van der Waals surface area contributed by atoms with Gasteiger partial charge in [0.2, 0.25) is 0 Å². The summed E-state index contributed by atoms with van der Waals surface area (Å²) in [6, 6.07) is 2.47. The van der Waals surface area contributed by atoms with Gasteiger partial charge in [0.1, 0.15) is 11.3 Å². The van der Waals surface area contributed by atoms with Crippen LogP contribution in [0.2, 0.25) is 5.02 Å². The molecular formula is C15H20ClNO. The third-order valence-corrected chi connectivity index (χ3v) is 3.92. The first kappa shape index (κ1) is 13.4. The first-order valence-electron chi connectivity index (χ1n) is 6.33. The van der Waals surface area contributed by atoms with E-state index >= 15 is 0 Å². The second kappa shape index (κ2) is 4.94. The molecule has 0 spiro atoms. The van der Waals surface area contributed by atoms with E-state index in [2.05, 4.69) is 33.0 Å². The number of benzene rings is 1. The molecule has 0 unspecified atom stereocenters. The molecule has 18 heavy (non-hydrogen) atoms. The van der Waals surface area contributed by atoms with Gasteiger partial charge in [0.05, 0.1) is 6.54 Å². The Morgan fingerprint density at radius 2 is 1.89 bits per heavy atom. The quantitative estimate of drug-likeness (QED) is 0.883. The van der Waals surface area contributed by atoms with E-state index in [1.165, 1.54) is 5.56 Å². The zero-order chi connectivity index (χ0) is 13.4. The Morgan fingerprint density at radius 1 is 1.22 bits per heavy atom. The smallest absolute Gasteiger partial charge is 0.135 e. The molecule has 1 aromatic carbocycles. The van der Waals surface area contributed by atoms with E-state index in [0.717, 1.165) is 39.4 Å². The summed E-state index contributed by atoms with van der Waals surface area (Å²) in [5.41, 5.74) is 4.31. The van der Waals surface area contributed by atoms with Crippen molar-refractivity contribution >= 4 is 22.6 Å². The Bertz CT molecular complexity index is 584. The third kappa shape index (κ3) is 2.27. The monoisotopic (exact) mass is 265 g/mol. The van der Waals surface area contributed by atoms with E-state index in [1.807, 2.05) is 13.0 Å². The van der Waals surface area contributed by atoms with Crippen LogP contribution in [-0.2, 0) is 6.54 Å². The molecule has 0 saturated heterocycles. The lowest BCUT2D eigenvalue weighted by atomic mass is 10.0. The van der Waals surface area contributed by atoms with Crippen LogP contribution in [0.15, 0.2) is 10.5 Å². The lowest BCUT2D eigenvalue weighted by Gasteiger charge is -2.06. The Kier molecular flexibility index (Phi) is 3.69. The van der Waals surface area contributed by atoms with E-state index < -0.39 is 0 Å². The van der Waals surface area contributed by atoms with E-state index in [4.69, 9.17) is 16.0 Å². The third-order valence-electron chi connectivity index (χ3n) is 3.34. The van der Waals surface area contributed by atoms with Crippen LogP contribution in [0.4, 0.5) is 0 Å². The van der Waals surface area contributed by atoms with Crippen molar-refractivity contribution in [1.82, 2.24) is 5.32 Å². The van der Waals surface area contributed by atoms with E-state index in [9.17, 15) is 0 Å². The Balaban J connectivity index is 2.53. The highest BCUT2D eigenvalue weighted by molar-refractivity contribution is 6.33. The van der Waals surface area contributed by atoms with Crippen molar-refractivity contribution in [2.24, 2.45) is 0 Å². The normalized spacial score (nSPS) is 11.7. The number of furan rings is 1. The fourth-order valence-electron chi connectivity index (χ4n) is 2.28. The molecule has 0 aliphatic heterocycles. The summed E-state index contributed by atoms with van der Waals surface area (Å²) in [5.74, 6) is 1.00. The van der Waals surface area contributed by atoms with Gasteiger partial charge in [-0.15, -0.1) is 0 Å². The van der Waals surface area contributed by atoms with Gasteiger partial charge >= 0.3 is 0 Å². The Morgan fingerprint density at radius 3 is 2.50 bits per heavy atom. The van der Waals surface area contributed by atoms with Crippen LogP contribution in [0.25, 0.3) is 11.0 Å². The predicted molar refractivity (Wildman–Crippen MR) is 77.4 cm³/mol. The summed E-state index contributed by atoms with van der Waals surface area (Å²) < 4.78 is 5.94. The first-order chi connectivity index (χ1) is 8.41. The highest BCUT2D eigenvalue weighted by Gasteiger charge is 2.15. The van der Waals surface area contributed by atoms with Crippen molar-refractivity contribution in [2.45, 2.75) is 47.2 Å². The molecule has 0 fully saturated rings. The average Bonchev–Trinajstić information content (AvgIpc) is 2.60. The summed E-state index contributed by atoms with van der Waals surface area (Å²) in [6.45, 7) is 11.2. The molecule has 0 aliphatic rings. The SMILES string of the molecule is Cc1cc2oc(CNC(C)C)c(C)c2c(C)c1Cl. The lowest BCUT2D eigenvalue weighted by Crippen LogP contribution is -2.21. The lowest BCUT2D eigenvalue weighted by molar-refractivity contribution is 0.485. The summed E-state index contributed by atoms with van der Waals surface area (Å²) >= 11 is 6.31. The van der Waals surface area contributed by atoms with Gasteiger partial charge < -0.3 is 9.73 Å². The van der Waals surface area contributed by atoms with Crippen molar-refractivity contribution < 1.29 is 4.42 Å². The van der Waals surface area contributed by atoms with Gasteiger partial charge in [-0.2, -0.15) is 0 Å². The molecule has 98 valence electrons. The van der Waals surface area contributed by atoms with E-state index in [1.54, 1.807) is 0 Å². The summed E-state index contributed by atoms with van der Waals surface area (Å²) in [4.78, 5) is 0. The van der Waals surface area contributed by atoms with Crippen LogP contribution < -0.4 is 5.32 Å². The van der Waals surface area contributed by atoms with Gasteiger partial charge in [-0.1, -0.05) is 25.4 Å². The molecular weight excluding hydrogens is 246 g/mol. The minimum atomic E-state index is 0.448. The fourth-order valence-corrected chi connectivity index (χ4v) is 2.43. The van der Waals surface area contributed by atoms with Crippen molar-refractivity contribution in [3.63, 3.8) is 0 Å². The molecule has 2 rings (SSSR count). The van der Waals surface area contributed by atoms with Gasteiger partial charge in [-0.05, 0) is 43.5 Å². The first-order valence-corrected chi connectivity index (χ1v) is 6.70. The van der Waals surface area contributed by atoms with Crippen LogP contribution >= 0.6 is 11.6 Å². The number of aryl methyl sites for hydroxylation is 3. The number of hydrogen-bond donors (Lipinski definition) is 1. The second-order valence-electron chi connectivity index (χ2n) is 5.19. The molecule has 2 aromatic rings. The van der Waals surface area contributed by atoms with Gasteiger partial charge in [-0.3, -0.25) is 0 Å². The molecule has 0 bridgehead atoms. The topological polar surface area (TPSA) is 25.2 Å². The summed E-state index contributed by atoms with van der Waals surface area (Å²) in [7, 11) is 0. The molecule has 3 heteroatoms. The molecule has 1 aromatic heterocycles. The highest BCUT2D eigenvalue weighted by Crippen LogP contribution is 2.34. The number of nitrogens with one attached hydrogen (secondary N) is 1. The van der Waals surface area contributed by atoms with Crippen molar-refractivity contribution in [2.75, 3.05) is 0 Å². The average molecular weight is 266 g/mol. The Labute approximate surface area is 113 Å². The maximum absolute atomic E-state index is 6.31. The van der Waals surface area contributed by atoms with Crippen LogP contribution in [0.5, 0.6) is 0 Å². The van der Waals surface area contributed by atoms with Gasteiger partial charge in [0.15, 0.2) is 0 Å². The highest BCUT2D eigenvalue weighted by atomic mass is 35.5. The molecule has 1 N–H and O–H groups in total. The molecule has 0 saturated carbocycles. The minimum absolute atomic E-state index is 0.448. The van der Waals surface area contributed by atoms with E-state index in [-0.39, 0.29) is 0 Å². The fraction of sp³-hybridized carbons (Fsp3) is 0.467. The van der Waals surface area contributed by atoms with Crippen LogP contribution in [0.3, 0.4) is 0 Å². The molecule has 0 atom stereocenters. The maximum atomic E-state index is 6.31. The molecule has 2 nitrogen and oxygen atoms in total. The molecule has 0 radical (unpaired) electrons. The zero-order valence-corrected chi connectivity index (χ0v) is 12.4. The zero-order valence-electron chi connectivity index (χ0n) is 11.6. The van der Waals surface area contributed by atoms with Gasteiger partial charge in [0.25, 0.3) is 0 Å². The van der Waals surface area contributed by atoms with Gasteiger partial charge in [-0.25, -0.2) is 0 Å². The van der Waals surface area contributed by atoms with Crippen LogP contribution in [-0.4, -0.2) is 6.04 Å². The predicted octanol–water partition coefficient (Wildman–Crippen LogP) is 4.51. The van der Waals surface area contributed by atoms with Crippen molar-refractivity contribution in [3.05, 3.63) is 33.5 Å². The van der Waals surface area contributed by atoms with Crippen LogP contribution in [0.1, 0.15) is 36.3 Å². The van der Waals surface area contributed by atoms with Crippen molar-refractivity contribution in [1.29, 1.82) is 0 Å². The number of rotatable bonds is 3. The largest absolute Gasteiger partial charge is 0.459 e. The van der Waals surface area contributed by atoms with E-state index in [0.29, 0.717) is 6.04 Å². The maximum Gasteiger partial charge on any atom is 0.135 e. The summed E-state index contributed by atoms with van der Waals surface area (Å²) in [5, 5.41) is 5.39.